The maximum atomic E-state index is 12.6. The van der Waals surface area contributed by atoms with Crippen molar-refractivity contribution in [3.63, 3.8) is 0 Å². The Kier molecular flexibility index (Phi) is 39.1. The predicted octanol–water partition coefficient (Wildman–Crippen LogP) is 12.0. The van der Waals surface area contributed by atoms with Crippen LogP contribution in [-0.4, -0.2) is 59.7 Å². The fourth-order valence-electron chi connectivity index (χ4n) is 5.81. The summed E-state index contributed by atoms with van der Waals surface area (Å²) in [6.45, 7) is 2.84. The Bertz CT molecular complexity index is 923. The highest BCUT2D eigenvalue weighted by molar-refractivity contribution is 7.47. The Morgan fingerprint density at radius 2 is 1.04 bits per heavy atom. The first-order valence-corrected chi connectivity index (χ1v) is 23.0. The molecule has 0 saturated carbocycles. The predicted molar refractivity (Wildman–Crippen MR) is 219 cm³/mol. The molecule has 3 N–H and O–H groups in total. The molecule has 53 heavy (non-hydrogen) atoms. The van der Waals surface area contributed by atoms with E-state index in [9.17, 15) is 19.4 Å². The first-order chi connectivity index (χ1) is 25.8. The zero-order chi connectivity index (χ0) is 38.9. The number of allylic oxidation sites excluding steroid dienone is 5. The Morgan fingerprint density at radius 1 is 0.585 bits per heavy atom. The topological polar surface area (TPSA) is 132 Å². The second kappa shape index (κ2) is 40.2. The van der Waals surface area contributed by atoms with E-state index in [-0.39, 0.29) is 13.0 Å². The van der Waals surface area contributed by atoms with E-state index in [0.717, 1.165) is 57.8 Å². The van der Waals surface area contributed by atoms with E-state index in [2.05, 4.69) is 38.2 Å². The van der Waals surface area contributed by atoms with Gasteiger partial charge >= 0.3 is 13.8 Å². The molecule has 0 amide bonds. The van der Waals surface area contributed by atoms with E-state index in [1.54, 1.807) is 6.26 Å². The number of esters is 1. The summed E-state index contributed by atoms with van der Waals surface area (Å²) in [6, 6.07) is 0. The summed E-state index contributed by atoms with van der Waals surface area (Å²) in [7, 11) is -4.53. The molecule has 1 unspecified atom stereocenters. The van der Waals surface area contributed by atoms with Gasteiger partial charge in [0.1, 0.15) is 12.7 Å². The van der Waals surface area contributed by atoms with Gasteiger partial charge in [0.25, 0.3) is 0 Å². The Balaban J connectivity index is 4.22. The van der Waals surface area contributed by atoms with E-state index < -0.39 is 45.8 Å². The quantitative estimate of drug-likeness (QED) is 0.0183. The van der Waals surface area contributed by atoms with Gasteiger partial charge in [0.05, 0.1) is 26.1 Å². The summed E-state index contributed by atoms with van der Waals surface area (Å²) < 4.78 is 33.1. The number of phosphoric acid groups is 1. The number of phosphoric ester groups is 1. The summed E-state index contributed by atoms with van der Waals surface area (Å²) in [6.07, 6.45) is 43.3. The number of rotatable bonds is 41. The van der Waals surface area contributed by atoms with Crippen LogP contribution in [0.3, 0.4) is 0 Å². The minimum absolute atomic E-state index is 0.0392. The molecule has 0 aromatic rings. The van der Waals surface area contributed by atoms with Crippen molar-refractivity contribution in [3.05, 3.63) is 36.6 Å². The highest BCUT2D eigenvalue weighted by atomic mass is 31.2. The van der Waals surface area contributed by atoms with Crippen molar-refractivity contribution in [2.24, 2.45) is 0 Å². The van der Waals surface area contributed by atoms with Crippen molar-refractivity contribution in [2.75, 3.05) is 26.4 Å². The zero-order valence-electron chi connectivity index (χ0n) is 34.0. The zero-order valence-corrected chi connectivity index (χ0v) is 34.9. The molecule has 9 nitrogen and oxygen atoms in total. The highest BCUT2D eigenvalue weighted by Gasteiger charge is 2.26. The minimum atomic E-state index is -4.53. The Labute approximate surface area is 325 Å². The molecule has 0 aromatic heterocycles. The summed E-state index contributed by atoms with van der Waals surface area (Å²) in [5.41, 5.74) is 0. The van der Waals surface area contributed by atoms with Gasteiger partial charge in [-0.25, -0.2) is 4.57 Å². The fourth-order valence-corrected chi connectivity index (χ4v) is 6.60. The van der Waals surface area contributed by atoms with Crippen molar-refractivity contribution in [3.8, 4) is 0 Å². The molecule has 0 heterocycles. The average Bonchev–Trinajstić information content (AvgIpc) is 3.15. The highest BCUT2D eigenvalue weighted by Crippen LogP contribution is 2.43. The van der Waals surface area contributed by atoms with Crippen LogP contribution in [0.15, 0.2) is 36.6 Å². The van der Waals surface area contributed by atoms with Crippen molar-refractivity contribution in [1.82, 2.24) is 0 Å². The maximum absolute atomic E-state index is 12.6. The molecule has 0 aromatic carbocycles. The summed E-state index contributed by atoms with van der Waals surface area (Å²) in [4.78, 5) is 22.5. The van der Waals surface area contributed by atoms with Crippen LogP contribution in [0.4, 0.5) is 0 Å². The molecule has 0 fully saturated rings. The lowest BCUT2D eigenvalue weighted by atomic mass is 10.0. The fraction of sp³-hybridized carbons (Fsp3) is 0.837. The molecule has 0 aliphatic heterocycles. The van der Waals surface area contributed by atoms with Gasteiger partial charge in [0.15, 0.2) is 6.10 Å². The number of aliphatic hydroxyl groups excluding tert-OH is 2. The molecule has 0 radical (unpaired) electrons. The van der Waals surface area contributed by atoms with E-state index in [4.69, 9.17) is 23.6 Å². The van der Waals surface area contributed by atoms with Gasteiger partial charge in [0.2, 0.25) is 0 Å². The lowest BCUT2D eigenvalue weighted by Crippen LogP contribution is -2.28. The molecule has 0 aliphatic rings. The van der Waals surface area contributed by atoms with Crippen LogP contribution in [0.5, 0.6) is 0 Å². The smallest absolute Gasteiger partial charge is 0.472 e. The van der Waals surface area contributed by atoms with E-state index in [1.807, 2.05) is 6.08 Å². The maximum Gasteiger partial charge on any atom is 0.472 e. The second-order valence-corrected chi connectivity index (χ2v) is 15.9. The van der Waals surface area contributed by atoms with E-state index in [1.165, 1.54) is 109 Å². The van der Waals surface area contributed by atoms with Crippen LogP contribution < -0.4 is 0 Å². The van der Waals surface area contributed by atoms with E-state index in [0.29, 0.717) is 6.42 Å². The number of ether oxygens (including phenoxy) is 2. The lowest BCUT2D eigenvalue weighted by molar-refractivity contribution is -0.153. The van der Waals surface area contributed by atoms with Gasteiger partial charge in [-0.3, -0.25) is 13.8 Å². The number of carbonyl (C=O) groups is 1. The Hall–Kier alpha value is -1.48. The summed E-state index contributed by atoms with van der Waals surface area (Å²) >= 11 is 0. The molecular weight excluding hydrogens is 691 g/mol. The first-order valence-electron chi connectivity index (χ1n) is 21.5. The molecule has 0 bridgehead atoms. The molecule has 0 aliphatic carbocycles. The van der Waals surface area contributed by atoms with Gasteiger partial charge in [-0.2, -0.15) is 0 Å². The average molecular weight is 773 g/mol. The monoisotopic (exact) mass is 773 g/mol. The van der Waals surface area contributed by atoms with Gasteiger partial charge in [-0.05, 0) is 51.0 Å². The largest absolute Gasteiger partial charge is 0.498 e. The number of hydrogen-bond acceptors (Lipinski definition) is 8. The lowest BCUT2D eigenvalue weighted by Gasteiger charge is -2.20. The molecule has 0 rings (SSSR count). The first kappa shape index (κ1) is 51.5. The summed E-state index contributed by atoms with van der Waals surface area (Å²) in [5.74, 6) is -0.418. The van der Waals surface area contributed by atoms with Gasteiger partial charge in [-0.1, -0.05) is 167 Å². The molecule has 10 heteroatoms. The van der Waals surface area contributed by atoms with Crippen LogP contribution >= 0.6 is 7.82 Å². The number of aliphatic hydroxyl groups is 2. The van der Waals surface area contributed by atoms with Gasteiger partial charge in [0, 0.05) is 6.42 Å². The van der Waals surface area contributed by atoms with Crippen LogP contribution in [-0.2, 0) is 27.9 Å². The number of carbonyl (C=O) groups excluding carboxylic acids is 1. The third-order valence-corrected chi connectivity index (χ3v) is 10.1. The van der Waals surface area contributed by atoms with Gasteiger partial charge < -0.3 is 24.6 Å². The summed E-state index contributed by atoms with van der Waals surface area (Å²) in [5, 5.41) is 18.3. The number of hydrogen-bond donors (Lipinski definition) is 3. The molecule has 0 spiro atoms. The second-order valence-electron chi connectivity index (χ2n) is 14.4. The molecule has 0 saturated heterocycles. The molecule has 3 atom stereocenters. The third kappa shape index (κ3) is 40.0. The van der Waals surface area contributed by atoms with Gasteiger partial charge in [-0.15, -0.1) is 0 Å². The molecular formula is C43H81O9P. The van der Waals surface area contributed by atoms with Crippen LogP contribution in [0.2, 0.25) is 0 Å². The Morgan fingerprint density at radius 3 is 1.57 bits per heavy atom. The third-order valence-electron chi connectivity index (χ3n) is 9.14. The van der Waals surface area contributed by atoms with Crippen LogP contribution in [0.25, 0.3) is 0 Å². The normalized spacial score (nSPS) is 14.4. The van der Waals surface area contributed by atoms with Crippen molar-refractivity contribution >= 4 is 13.8 Å². The van der Waals surface area contributed by atoms with Crippen molar-refractivity contribution in [2.45, 2.75) is 206 Å². The van der Waals surface area contributed by atoms with Crippen LogP contribution in [0, 0.1) is 0 Å². The van der Waals surface area contributed by atoms with Crippen molar-refractivity contribution in [1.29, 1.82) is 0 Å². The standard InChI is InChI=1S/C43H81O9P/c1-3-5-7-9-11-13-15-17-19-20-21-22-24-26-28-30-32-34-36-49-39-42(40-51-53(47,48)50-38-41(45)37-44)52-43(46)35-33-31-29-27-25-23-18-16-14-12-10-8-6-4-2/h10,12,16,18,34,36,41-42,44-45H,3-9,11,13-15,17,19-33,35,37-40H2,1-2H3,(H,47,48)/b12-10-,18-16-,36-34-/t41-,42+/m0/s1. The van der Waals surface area contributed by atoms with Crippen LogP contribution in [0.1, 0.15) is 194 Å². The number of unbranched alkanes of at least 4 members (excludes halogenated alkanes) is 23. The van der Waals surface area contributed by atoms with Crippen molar-refractivity contribution < 1.29 is 43.0 Å². The van der Waals surface area contributed by atoms with E-state index >= 15 is 0 Å². The minimum Gasteiger partial charge on any atom is -0.498 e. The SMILES string of the molecule is CCCC/C=C\C/C=C\CCCCCCCC(=O)O[C@H](CO/C=C\CCCCCCCCCCCCCCCCCC)COP(=O)(O)OC[C@@H](O)CO. The molecule has 312 valence electrons.